The van der Waals surface area contributed by atoms with Crippen LogP contribution in [0.15, 0.2) is 10.6 Å². The molecule has 2 nitrogen and oxygen atoms in total. The number of hydrogen-bond donors (Lipinski definition) is 0. The Bertz CT molecular complexity index is 162. The molecule has 10 heavy (non-hydrogen) atoms. The Labute approximate surface area is 104 Å². The van der Waals surface area contributed by atoms with Gasteiger partial charge in [0.2, 0.25) is 0 Å². The Kier molecular flexibility index (Phi) is 5.96. The van der Waals surface area contributed by atoms with Crippen LogP contribution in [0.1, 0.15) is 31.9 Å². The van der Waals surface area contributed by atoms with E-state index in [1.165, 1.54) is 0 Å². The van der Waals surface area contributed by atoms with E-state index >= 15 is 0 Å². The summed E-state index contributed by atoms with van der Waals surface area (Å²) >= 11 is 0. The Hall–Kier alpha value is 0.846. The predicted molar refractivity (Wildman–Crippen MR) is 34.0 cm³/mol. The van der Waals surface area contributed by atoms with Gasteiger partial charge in [-0.1, -0.05) is 31.9 Å². The van der Waals surface area contributed by atoms with E-state index in [0.29, 0.717) is 5.92 Å². The van der Waals surface area contributed by atoms with Gasteiger partial charge < -0.3 is 4.52 Å². The van der Waals surface area contributed by atoms with Crippen molar-refractivity contribution >= 4 is 0 Å². The van der Waals surface area contributed by atoms with Crippen LogP contribution in [-0.4, -0.2) is 5.16 Å². The summed E-state index contributed by atoms with van der Waals surface area (Å²) in [5.41, 5.74) is 0.998. The zero-order valence-electron chi connectivity index (χ0n) is 6.72. The monoisotopic (exact) mass is 163 g/mol. The largest absolute Gasteiger partial charge is 1.00 e. The van der Waals surface area contributed by atoms with Crippen LogP contribution in [0.5, 0.6) is 0 Å². The van der Waals surface area contributed by atoms with Crippen molar-refractivity contribution in [2.24, 2.45) is 0 Å². The number of rotatable bonds is 2. The van der Waals surface area contributed by atoms with Crippen LogP contribution >= 0.6 is 0 Å². The van der Waals surface area contributed by atoms with E-state index in [9.17, 15) is 0 Å². The summed E-state index contributed by atoms with van der Waals surface area (Å²) < 4.78 is 4.56. The summed E-state index contributed by atoms with van der Waals surface area (Å²) in [6.07, 6.45) is 3.66. The molecule has 0 radical (unpaired) electrons. The average Bonchev–Trinajstić information content (AvgIpc) is 2.37. The van der Waals surface area contributed by atoms with Gasteiger partial charge in [-0.15, -0.1) is 0 Å². The maximum absolute atomic E-state index is 4.56. The topological polar surface area (TPSA) is 26.0 Å². The molecule has 0 aromatic carbocycles. The zero-order valence-corrected chi connectivity index (χ0v) is 9.84. The Morgan fingerprint density at radius 3 is 2.90 bits per heavy atom. The fourth-order valence-corrected chi connectivity index (χ4v) is 0.634. The van der Waals surface area contributed by atoms with Crippen LogP contribution in [0.25, 0.3) is 0 Å². The van der Waals surface area contributed by atoms with Crippen molar-refractivity contribution in [1.29, 1.82) is 0 Å². The molecular weight excluding hydrogens is 153 g/mol. The van der Waals surface area contributed by atoms with Gasteiger partial charge in [-0.25, -0.2) is 5.16 Å². The Morgan fingerprint density at radius 1 is 1.80 bits per heavy atom. The molecule has 0 aliphatic rings. The van der Waals surface area contributed by atoms with Crippen molar-refractivity contribution in [3.05, 3.63) is 18.0 Å². The zero-order chi connectivity index (χ0) is 6.69. The minimum atomic E-state index is 0. The van der Waals surface area contributed by atoms with Crippen LogP contribution in [0, 0.1) is 6.26 Å². The summed E-state index contributed by atoms with van der Waals surface area (Å²) in [4.78, 5) is 0. The molecule has 0 saturated carbocycles. The summed E-state index contributed by atoms with van der Waals surface area (Å²) in [6, 6.07) is 1.79. The molecule has 0 saturated heterocycles. The Morgan fingerprint density at radius 2 is 2.50 bits per heavy atom. The Balaban J connectivity index is 0.000000810. The average molecular weight is 163 g/mol. The van der Waals surface area contributed by atoms with Gasteiger partial charge in [-0.05, 0) is 6.26 Å². The van der Waals surface area contributed by atoms with Crippen LogP contribution in [-0.2, 0) is 0 Å². The molecule has 1 rings (SSSR count). The van der Waals surface area contributed by atoms with Gasteiger partial charge in [0, 0.05) is 0 Å². The van der Waals surface area contributed by atoms with Gasteiger partial charge in [0.25, 0.3) is 0 Å². The van der Waals surface area contributed by atoms with Gasteiger partial charge in [0.15, 0.2) is 0 Å². The number of aromatic nitrogens is 1. The number of hydrogen-bond acceptors (Lipinski definition) is 2. The molecule has 0 aliphatic heterocycles. The fourth-order valence-electron chi connectivity index (χ4n) is 0.634. The van der Waals surface area contributed by atoms with Crippen LogP contribution in [0.3, 0.4) is 0 Å². The molecule has 0 amide bonds. The third-order valence-corrected chi connectivity index (χ3v) is 1.53. The van der Waals surface area contributed by atoms with E-state index in [2.05, 4.69) is 29.8 Å². The van der Waals surface area contributed by atoms with Crippen molar-refractivity contribution in [3.8, 4) is 0 Å². The molecule has 1 aromatic rings. The molecule has 0 aliphatic carbocycles. The molecule has 1 atom stereocenters. The van der Waals surface area contributed by atoms with E-state index in [1.54, 1.807) is 6.07 Å². The third-order valence-electron chi connectivity index (χ3n) is 1.53. The molecular formula is C7H10KNO. The molecule has 50 valence electrons. The van der Waals surface area contributed by atoms with Gasteiger partial charge >= 0.3 is 51.4 Å². The smallest absolute Gasteiger partial charge is 0.480 e. The maximum Gasteiger partial charge on any atom is 1.00 e. The van der Waals surface area contributed by atoms with Crippen molar-refractivity contribution in [1.82, 2.24) is 5.16 Å². The van der Waals surface area contributed by atoms with E-state index in [-0.39, 0.29) is 51.4 Å². The minimum Gasteiger partial charge on any atom is -0.480 e. The van der Waals surface area contributed by atoms with Crippen molar-refractivity contribution in [3.63, 3.8) is 0 Å². The van der Waals surface area contributed by atoms with Crippen LogP contribution < -0.4 is 51.4 Å². The summed E-state index contributed by atoms with van der Waals surface area (Å²) in [5, 5.41) is 3.76. The first-order valence-corrected chi connectivity index (χ1v) is 3.17. The summed E-state index contributed by atoms with van der Waals surface area (Å²) in [7, 11) is 0. The van der Waals surface area contributed by atoms with Crippen LogP contribution in [0.4, 0.5) is 0 Å². The second kappa shape index (κ2) is 5.49. The number of nitrogens with zero attached hydrogens (tertiary/aromatic N) is 1. The molecule has 0 fully saturated rings. The normalized spacial score (nSPS) is 12.2. The second-order valence-corrected chi connectivity index (χ2v) is 2.18. The van der Waals surface area contributed by atoms with E-state index < -0.39 is 0 Å². The predicted octanol–water partition coefficient (Wildman–Crippen LogP) is -1.01. The SMILES string of the molecule is CCC(C)c1c[c-]on1.[K+]. The van der Waals surface area contributed by atoms with Gasteiger partial charge in [0.05, 0.1) is 0 Å². The summed E-state index contributed by atoms with van der Waals surface area (Å²) in [6.45, 7) is 4.24. The van der Waals surface area contributed by atoms with Gasteiger partial charge in [0.1, 0.15) is 0 Å². The van der Waals surface area contributed by atoms with E-state index in [4.69, 9.17) is 0 Å². The second-order valence-electron chi connectivity index (χ2n) is 2.18. The van der Waals surface area contributed by atoms with E-state index in [0.717, 1.165) is 12.1 Å². The van der Waals surface area contributed by atoms with Crippen molar-refractivity contribution in [2.75, 3.05) is 0 Å². The minimum absolute atomic E-state index is 0. The van der Waals surface area contributed by atoms with Gasteiger partial charge in [-0.2, -0.15) is 6.07 Å². The molecule has 1 heterocycles. The quantitative estimate of drug-likeness (QED) is 0.412. The fraction of sp³-hybridized carbons (Fsp3) is 0.571. The van der Waals surface area contributed by atoms with Crippen LogP contribution in [0.2, 0.25) is 0 Å². The molecule has 3 heteroatoms. The molecule has 1 aromatic heterocycles. The standard InChI is InChI=1S/C7H10NO.K/c1-3-6(2)7-4-5-9-8-7;/h4,6H,3H2,1-2H3;/q-1;+1. The van der Waals surface area contributed by atoms with E-state index in [1.807, 2.05) is 0 Å². The maximum atomic E-state index is 4.56. The molecule has 1 unspecified atom stereocenters. The first-order chi connectivity index (χ1) is 4.34. The molecule has 0 spiro atoms. The summed E-state index contributed by atoms with van der Waals surface area (Å²) in [5.74, 6) is 0.500. The first-order valence-electron chi connectivity index (χ1n) is 3.17. The first kappa shape index (κ1) is 10.8. The van der Waals surface area contributed by atoms with Gasteiger partial charge in [-0.3, -0.25) is 0 Å². The molecule has 0 N–H and O–H groups in total. The van der Waals surface area contributed by atoms with Crippen molar-refractivity contribution < 1.29 is 55.9 Å². The molecule has 0 bridgehead atoms. The van der Waals surface area contributed by atoms with Crippen molar-refractivity contribution in [2.45, 2.75) is 26.2 Å². The third kappa shape index (κ3) is 2.84.